The highest BCUT2D eigenvalue weighted by Crippen LogP contribution is 2.34. The van der Waals surface area contributed by atoms with Crippen LogP contribution >= 0.6 is 0 Å². The van der Waals surface area contributed by atoms with Gasteiger partial charge in [0.25, 0.3) is 0 Å². The van der Waals surface area contributed by atoms with Gasteiger partial charge in [0.1, 0.15) is 5.75 Å². The number of methoxy groups -OCH3 is 1. The summed E-state index contributed by atoms with van der Waals surface area (Å²) >= 11 is 0. The first kappa shape index (κ1) is 14.2. The summed E-state index contributed by atoms with van der Waals surface area (Å²) in [5.74, 6) is 1.59. The minimum Gasteiger partial charge on any atom is -0.497 e. The summed E-state index contributed by atoms with van der Waals surface area (Å²) in [7, 11) is 1.71. The molecule has 2 unspecified atom stereocenters. The fourth-order valence-corrected chi connectivity index (χ4v) is 3.16. The van der Waals surface area contributed by atoms with E-state index in [1.165, 1.54) is 23.1 Å². The standard InChI is InChI=1S/C19H23NO/c1-3-19(14-8-10-17(21-2)11-9-14)20-13-16-12-15-6-4-5-7-18(15)16/h4-11,16,19-20H,3,12-13H2,1-2H3. The second kappa shape index (κ2) is 6.31. The molecule has 0 heterocycles. The summed E-state index contributed by atoms with van der Waals surface area (Å²) in [6.07, 6.45) is 2.31. The lowest BCUT2D eigenvalue weighted by Crippen LogP contribution is -2.31. The van der Waals surface area contributed by atoms with E-state index in [-0.39, 0.29) is 0 Å². The molecular formula is C19H23NO. The van der Waals surface area contributed by atoms with Gasteiger partial charge in [0.15, 0.2) is 0 Å². The maximum absolute atomic E-state index is 5.23. The van der Waals surface area contributed by atoms with Crippen LogP contribution in [0.15, 0.2) is 48.5 Å². The highest BCUT2D eigenvalue weighted by atomic mass is 16.5. The normalized spacial score (nSPS) is 17.7. The van der Waals surface area contributed by atoms with Crippen molar-refractivity contribution in [3.05, 3.63) is 65.2 Å². The molecule has 1 aliphatic carbocycles. The Balaban J connectivity index is 1.60. The number of hydrogen-bond acceptors (Lipinski definition) is 2. The van der Waals surface area contributed by atoms with Crippen molar-refractivity contribution in [2.45, 2.75) is 31.7 Å². The van der Waals surface area contributed by atoms with Crippen LogP contribution in [-0.4, -0.2) is 13.7 Å². The van der Waals surface area contributed by atoms with E-state index in [0.29, 0.717) is 12.0 Å². The molecule has 0 saturated heterocycles. The first-order valence-corrected chi connectivity index (χ1v) is 7.77. The lowest BCUT2D eigenvalue weighted by atomic mass is 9.77. The van der Waals surface area contributed by atoms with Crippen LogP contribution in [0.2, 0.25) is 0 Å². The van der Waals surface area contributed by atoms with E-state index in [4.69, 9.17) is 4.74 Å². The Morgan fingerprint density at radius 3 is 2.57 bits per heavy atom. The maximum Gasteiger partial charge on any atom is 0.118 e. The Kier molecular flexibility index (Phi) is 4.26. The molecule has 0 aromatic heterocycles. The molecule has 21 heavy (non-hydrogen) atoms. The van der Waals surface area contributed by atoms with E-state index in [2.05, 4.69) is 48.6 Å². The summed E-state index contributed by atoms with van der Waals surface area (Å²) in [4.78, 5) is 0. The smallest absolute Gasteiger partial charge is 0.118 e. The molecule has 0 amide bonds. The van der Waals surface area contributed by atoms with Crippen molar-refractivity contribution < 1.29 is 4.74 Å². The van der Waals surface area contributed by atoms with Crippen molar-refractivity contribution in [1.29, 1.82) is 0 Å². The summed E-state index contributed by atoms with van der Waals surface area (Å²) < 4.78 is 5.23. The third-order valence-corrected chi connectivity index (χ3v) is 4.50. The summed E-state index contributed by atoms with van der Waals surface area (Å²) in [6, 6.07) is 17.6. The van der Waals surface area contributed by atoms with Gasteiger partial charge < -0.3 is 10.1 Å². The van der Waals surface area contributed by atoms with Crippen molar-refractivity contribution >= 4 is 0 Å². The molecular weight excluding hydrogens is 258 g/mol. The molecule has 1 aliphatic rings. The van der Waals surface area contributed by atoms with Gasteiger partial charge in [0.05, 0.1) is 7.11 Å². The lowest BCUT2D eigenvalue weighted by Gasteiger charge is -2.32. The van der Waals surface area contributed by atoms with Gasteiger partial charge in [-0.05, 0) is 41.7 Å². The lowest BCUT2D eigenvalue weighted by molar-refractivity contribution is 0.413. The third kappa shape index (κ3) is 2.96. The number of ether oxygens (including phenoxy) is 1. The molecule has 0 aliphatic heterocycles. The molecule has 0 radical (unpaired) electrons. The Labute approximate surface area is 127 Å². The zero-order chi connectivity index (χ0) is 14.7. The molecule has 2 heteroatoms. The zero-order valence-corrected chi connectivity index (χ0v) is 12.8. The predicted molar refractivity (Wildman–Crippen MR) is 86.9 cm³/mol. The summed E-state index contributed by atoms with van der Waals surface area (Å²) in [5.41, 5.74) is 4.38. The van der Waals surface area contributed by atoms with Crippen LogP contribution in [0.4, 0.5) is 0 Å². The van der Waals surface area contributed by atoms with Crippen LogP contribution in [0.1, 0.15) is 42.0 Å². The number of rotatable bonds is 6. The topological polar surface area (TPSA) is 21.3 Å². The monoisotopic (exact) mass is 281 g/mol. The molecule has 2 aromatic rings. The Hall–Kier alpha value is -1.80. The van der Waals surface area contributed by atoms with E-state index in [9.17, 15) is 0 Å². The molecule has 0 spiro atoms. The van der Waals surface area contributed by atoms with Crippen LogP contribution in [-0.2, 0) is 6.42 Å². The molecule has 0 saturated carbocycles. The van der Waals surface area contributed by atoms with E-state index < -0.39 is 0 Å². The van der Waals surface area contributed by atoms with Gasteiger partial charge in [-0.3, -0.25) is 0 Å². The van der Waals surface area contributed by atoms with Crippen molar-refractivity contribution in [1.82, 2.24) is 5.32 Å². The second-order valence-electron chi connectivity index (χ2n) is 5.74. The van der Waals surface area contributed by atoms with E-state index in [0.717, 1.165) is 18.7 Å². The molecule has 2 nitrogen and oxygen atoms in total. The third-order valence-electron chi connectivity index (χ3n) is 4.50. The van der Waals surface area contributed by atoms with Gasteiger partial charge >= 0.3 is 0 Å². The minimum absolute atomic E-state index is 0.420. The number of fused-ring (bicyclic) bond motifs is 1. The molecule has 2 atom stereocenters. The van der Waals surface area contributed by atoms with Gasteiger partial charge in [-0.25, -0.2) is 0 Å². The van der Waals surface area contributed by atoms with Gasteiger partial charge in [-0.1, -0.05) is 43.3 Å². The van der Waals surface area contributed by atoms with Crippen molar-refractivity contribution in [3.8, 4) is 5.75 Å². The summed E-state index contributed by atoms with van der Waals surface area (Å²) in [6.45, 7) is 3.29. The van der Waals surface area contributed by atoms with Crippen LogP contribution < -0.4 is 10.1 Å². The van der Waals surface area contributed by atoms with Crippen LogP contribution in [0.5, 0.6) is 5.75 Å². The average Bonchev–Trinajstić information content (AvgIpc) is 2.52. The van der Waals surface area contributed by atoms with Gasteiger partial charge in [-0.2, -0.15) is 0 Å². The quantitative estimate of drug-likeness (QED) is 0.861. The van der Waals surface area contributed by atoms with E-state index >= 15 is 0 Å². The molecule has 110 valence electrons. The maximum atomic E-state index is 5.23. The van der Waals surface area contributed by atoms with Gasteiger partial charge in [0.2, 0.25) is 0 Å². The van der Waals surface area contributed by atoms with Crippen molar-refractivity contribution in [2.75, 3.05) is 13.7 Å². The Morgan fingerprint density at radius 2 is 1.90 bits per heavy atom. The second-order valence-corrected chi connectivity index (χ2v) is 5.74. The minimum atomic E-state index is 0.420. The highest BCUT2D eigenvalue weighted by molar-refractivity contribution is 5.40. The SMILES string of the molecule is CCC(NCC1Cc2ccccc21)c1ccc(OC)cc1. The van der Waals surface area contributed by atoms with Crippen LogP contribution in [0, 0.1) is 0 Å². The number of nitrogens with one attached hydrogen (secondary N) is 1. The Bertz CT molecular complexity index is 591. The fraction of sp³-hybridized carbons (Fsp3) is 0.368. The van der Waals surface area contributed by atoms with Gasteiger partial charge in [-0.15, -0.1) is 0 Å². The first-order valence-electron chi connectivity index (χ1n) is 7.77. The highest BCUT2D eigenvalue weighted by Gasteiger charge is 2.25. The largest absolute Gasteiger partial charge is 0.497 e. The van der Waals surface area contributed by atoms with Crippen molar-refractivity contribution in [3.63, 3.8) is 0 Å². The summed E-state index contributed by atoms with van der Waals surface area (Å²) in [5, 5.41) is 3.73. The van der Waals surface area contributed by atoms with E-state index in [1.54, 1.807) is 7.11 Å². The molecule has 0 bridgehead atoms. The van der Waals surface area contributed by atoms with Gasteiger partial charge in [0, 0.05) is 18.5 Å². The van der Waals surface area contributed by atoms with Crippen LogP contribution in [0.25, 0.3) is 0 Å². The fourth-order valence-electron chi connectivity index (χ4n) is 3.16. The van der Waals surface area contributed by atoms with E-state index in [1.807, 2.05) is 12.1 Å². The molecule has 1 N–H and O–H groups in total. The molecule has 2 aromatic carbocycles. The predicted octanol–water partition coefficient (Wildman–Crippen LogP) is 4.08. The zero-order valence-electron chi connectivity index (χ0n) is 12.8. The Morgan fingerprint density at radius 1 is 1.14 bits per heavy atom. The molecule has 0 fully saturated rings. The number of hydrogen-bond donors (Lipinski definition) is 1. The average molecular weight is 281 g/mol. The molecule has 3 rings (SSSR count). The van der Waals surface area contributed by atoms with Crippen LogP contribution in [0.3, 0.4) is 0 Å². The number of benzene rings is 2. The van der Waals surface area contributed by atoms with Crippen molar-refractivity contribution in [2.24, 2.45) is 0 Å². The first-order chi connectivity index (χ1) is 10.3.